The minimum absolute atomic E-state index is 0.202. The highest BCUT2D eigenvalue weighted by Crippen LogP contribution is 2.34. The van der Waals surface area contributed by atoms with E-state index < -0.39 is 0 Å². The predicted octanol–water partition coefficient (Wildman–Crippen LogP) is 2.31. The van der Waals surface area contributed by atoms with Gasteiger partial charge in [-0.15, -0.1) is 0 Å². The van der Waals surface area contributed by atoms with Crippen molar-refractivity contribution in [2.24, 2.45) is 0 Å². The van der Waals surface area contributed by atoms with Crippen LogP contribution in [0.5, 0.6) is 11.5 Å². The summed E-state index contributed by atoms with van der Waals surface area (Å²) in [5.41, 5.74) is 0.688. The summed E-state index contributed by atoms with van der Waals surface area (Å²) in [5, 5.41) is 3.29. The highest BCUT2D eigenvalue weighted by molar-refractivity contribution is 5.42. The Morgan fingerprint density at radius 3 is 2.71 bits per heavy atom. The Labute approximate surface area is 101 Å². The number of benzene rings is 1. The van der Waals surface area contributed by atoms with Crippen LogP contribution in [-0.2, 0) is 0 Å². The molecule has 0 radical (unpaired) electrons. The summed E-state index contributed by atoms with van der Waals surface area (Å²) in [7, 11) is 3.05. The standard InChI is InChI=1S/C13H18FNO2/c1-16-10-6-11(9-4-3-5-15-8-9)13(14)12(7-10)17-2/h6-7,9,15H,3-5,8H2,1-2H3. The Bertz CT molecular complexity index is 389. The molecule has 1 unspecified atom stereocenters. The Kier molecular flexibility index (Phi) is 3.84. The van der Waals surface area contributed by atoms with Crippen LogP contribution in [0, 0.1) is 5.82 Å². The zero-order valence-electron chi connectivity index (χ0n) is 10.3. The van der Waals surface area contributed by atoms with Crippen molar-refractivity contribution in [2.75, 3.05) is 27.3 Å². The molecule has 1 fully saturated rings. The maximum Gasteiger partial charge on any atom is 0.168 e. The monoisotopic (exact) mass is 239 g/mol. The fourth-order valence-corrected chi connectivity index (χ4v) is 2.27. The van der Waals surface area contributed by atoms with Crippen molar-refractivity contribution < 1.29 is 13.9 Å². The van der Waals surface area contributed by atoms with Crippen molar-refractivity contribution in [3.63, 3.8) is 0 Å². The molecule has 1 aliphatic rings. The van der Waals surface area contributed by atoms with Gasteiger partial charge in [0.1, 0.15) is 5.75 Å². The van der Waals surface area contributed by atoms with Crippen molar-refractivity contribution in [3.05, 3.63) is 23.5 Å². The first kappa shape index (κ1) is 12.2. The fourth-order valence-electron chi connectivity index (χ4n) is 2.27. The van der Waals surface area contributed by atoms with Gasteiger partial charge in [-0.25, -0.2) is 4.39 Å². The summed E-state index contributed by atoms with van der Waals surface area (Å²) in [5.74, 6) is 0.837. The smallest absolute Gasteiger partial charge is 0.168 e. The van der Waals surface area contributed by atoms with Gasteiger partial charge in [0.15, 0.2) is 11.6 Å². The van der Waals surface area contributed by atoms with Crippen LogP contribution >= 0.6 is 0 Å². The topological polar surface area (TPSA) is 30.5 Å². The number of hydrogen-bond donors (Lipinski definition) is 1. The van der Waals surface area contributed by atoms with Crippen LogP contribution in [0.1, 0.15) is 24.3 Å². The fraction of sp³-hybridized carbons (Fsp3) is 0.538. The zero-order valence-corrected chi connectivity index (χ0v) is 10.3. The van der Waals surface area contributed by atoms with E-state index in [1.54, 1.807) is 19.2 Å². The lowest BCUT2D eigenvalue weighted by Gasteiger charge is -2.24. The molecule has 0 aliphatic carbocycles. The van der Waals surface area contributed by atoms with Crippen LogP contribution in [0.25, 0.3) is 0 Å². The SMILES string of the molecule is COc1cc(OC)c(F)c(C2CCCNC2)c1. The van der Waals surface area contributed by atoms with E-state index in [9.17, 15) is 4.39 Å². The van der Waals surface area contributed by atoms with E-state index in [0.29, 0.717) is 11.3 Å². The first-order chi connectivity index (χ1) is 8.26. The number of ether oxygens (including phenoxy) is 2. The van der Waals surface area contributed by atoms with E-state index in [-0.39, 0.29) is 17.5 Å². The minimum Gasteiger partial charge on any atom is -0.497 e. The van der Waals surface area contributed by atoms with Crippen molar-refractivity contribution in [1.82, 2.24) is 5.32 Å². The van der Waals surface area contributed by atoms with Gasteiger partial charge in [0.2, 0.25) is 0 Å². The minimum atomic E-state index is -0.262. The maximum absolute atomic E-state index is 14.2. The largest absolute Gasteiger partial charge is 0.497 e. The lowest BCUT2D eigenvalue weighted by molar-refractivity contribution is 0.364. The zero-order chi connectivity index (χ0) is 12.3. The first-order valence-corrected chi connectivity index (χ1v) is 5.88. The summed E-state index contributed by atoms with van der Waals surface area (Å²) >= 11 is 0. The third-order valence-corrected chi connectivity index (χ3v) is 3.23. The summed E-state index contributed by atoms with van der Waals surface area (Å²) in [6.07, 6.45) is 2.07. The summed E-state index contributed by atoms with van der Waals surface area (Å²) in [6.45, 7) is 1.83. The van der Waals surface area contributed by atoms with Gasteiger partial charge in [-0.05, 0) is 36.9 Å². The second kappa shape index (κ2) is 5.36. The summed E-state index contributed by atoms with van der Waals surface area (Å²) < 4.78 is 24.4. The number of hydrogen-bond acceptors (Lipinski definition) is 3. The van der Waals surface area contributed by atoms with E-state index in [2.05, 4.69) is 5.32 Å². The molecule has 0 spiro atoms. The molecule has 1 atom stereocenters. The molecule has 94 valence electrons. The molecule has 0 bridgehead atoms. The van der Waals surface area contributed by atoms with Crippen molar-refractivity contribution in [1.29, 1.82) is 0 Å². The number of piperidine rings is 1. The van der Waals surface area contributed by atoms with Crippen molar-refractivity contribution in [3.8, 4) is 11.5 Å². The van der Waals surface area contributed by atoms with Crippen molar-refractivity contribution >= 4 is 0 Å². The first-order valence-electron chi connectivity index (χ1n) is 5.88. The van der Waals surface area contributed by atoms with Crippen LogP contribution in [-0.4, -0.2) is 27.3 Å². The Balaban J connectivity index is 2.36. The van der Waals surface area contributed by atoms with Gasteiger partial charge in [-0.3, -0.25) is 0 Å². The third kappa shape index (κ3) is 2.52. The van der Waals surface area contributed by atoms with E-state index >= 15 is 0 Å². The molecule has 1 aromatic rings. The van der Waals surface area contributed by atoms with Gasteiger partial charge < -0.3 is 14.8 Å². The molecule has 1 aliphatic heterocycles. The van der Waals surface area contributed by atoms with Crippen LogP contribution in [0.15, 0.2) is 12.1 Å². The van der Waals surface area contributed by atoms with Crippen molar-refractivity contribution in [2.45, 2.75) is 18.8 Å². The highest BCUT2D eigenvalue weighted by Gasteiger charge is 2.22. The van der Waals surface area contributed by atoms with Crippen LogP contribution < -0.4 is 14.8 Å². The molecule has 0 saturated carbocycles. The normalized spacial score (nSPS) is 20.1. The van der Waals surface area contributed by atoms with E-state index in [1.165, 1.54) is 7.11 Å². The Hall–Kier alpha value is -1.29. The number of methoxy groups -OCH3 is 2. The molecule has 1 aromatic carbocycles. The third-order valence-electron chi connectivity index (χ3n) is 3.23. The van der Waals surface area contributed by atoms with Gasteiger partial charge in [-0.2, -0.15) is 0 Å². The van der Waals surface area contributed by atoms with Crippen LogP contribution in [0.4, 0.5) is 4.39 Å². The van der Waals surface area contributed by atoms with Gasteiger partial charge in [0.25, 0.3) is 0 Å². The molecule has 1 saturated heterocycles. The second-order valence-corrected chi connectivity index (χ2v) is 4.28. The molecule has 1 N–H and O–H groups in total. The Morgan fingerprint density at radius 2 is 2.12 bits per heavy atom. The van der Waals surface area contributed by atoms with Gasteiger partial charge in [-0.1, -0.05) is 0 Å². The van der Waals surface area contributed by atoms with Crippen LogP contribution in [0.3, 0.4) is 0 Å². The number of nitrogens with one attached hydrogen (secondary N) is 1. The predicted molar refractivity (Wildman–Crippen MR) is 64.3 cm³/mol. The lowest BCUT2D eigenvalue weighted by atomic mass is 9.91. The Morgan fingerprint density at radius 1 is 1.29 bits per heavy atom. The molecule has 0 amide bonds. The molecule has 3 nitrogen and oxygen atoms in total. The quantitative estimate of drug-likeness (QED) is 0.878. The summed E-state index contributed by atoms with van der Waals surface area (Å²) in [6, 6.07) is 3.35. The van der Waals surface area contributed by atoms with Crippen LogP contribution in [0.2, 0.25) is 0 Å². The molecule has 0 aromatic heterocycles. The molecule has 4 heteroatoms. The van der Waals surface area contributed by atoms with Gasteiger partial charge >= 0.3 is 0 Å². The maximum atomic E-state index is 14.2. The average Bonchev–Trinajstić information content (AvgIpc) is 2.40. The van der Waals surface area contributed by atoms with E-state index in [4.69, 9.17) is 9.47 Å². The van der Waals surface area contributed by atoms with Gasteiger partial charge in [0, 0.05) is 12.6 Å². The second-order valence-electron chi connectivity index (χ2n) is 4.28. The molecule has 1 heterocycles. The molecular formula is C13H18FNO2. The van der Waals surface area contributed by atoms with Gasteiger partial charge in [0.05, 0.1) is 14.2 Å². The van der Waals surface area contributed by atoms with E-state index in [1.807, 2.05) is 0 Å². The lowest BCUT2D eigenvalue weighted by Crippen LogP contribution is -2.28. The molecule has 2 rings (SSSR count). The summed E-state index contributed by atoms with van der Waals surface area (Å²) in [4.78, 5) is 0. The number of rotatable bonds is 3. The van der Waals surface area contributed by atoms with E-state index in [0.717, 1.165) is 25.9 Å². The number of halogens is 1. The average molecular weight is 239 g/mol. The highest BCUT2D eigenvalue weighted by atomic mass is 19.1. The molecular weight excluding hydrogens is 221 g/mol. The molecule has 17 heavy (non-hydrogen) atoms.